The van der Waals surface area contributed by atoms with Crippen molar-refractivity contribution in [2.24, 2.45) is 0 Å². The Morgan fingerprint density at radius 2 is 2.05 bits per heavy atom. The van der Waals surface area contributed by atoms with E-state index in [2.05, 4.69) is 11.4 Å². The quantitative estimate of drug-likeness (QED) is 0.821. The Morgan fingerprint density at radius 3 is 2.79 bits per heavy atom. The van der Waals surface area contributed by atoms with E-state index in [1.165, 1.54) is 0 Å². The lowest BCUT2D eigenvalue weighted by Gasteiger charge is -2.11. The van der Waals surface area contributed by atoms with Gasteiger partial charge in [0.1, 0.15) is 6.07 Å². The number of nitriles is 1. The minimum atomic E-state index is 0.460. The molecule has 0 saturated heterocycles. The normalized spacial score (nSPS) is 9.89. The zero-order chi connectivity index (χ0) is 13.7. The van der Waals surface area contributed by atoms with Crippen molar-refractivity contribution in [3.8, 4) is 6.07 Å². The smallest absolute Gasteiger partial charge is 0.101 e. The van der Waals surface area contributed by atoms with Gasteiger partial charge >= 0.3 is 0 Å². The van der Waals surface area contributed by atoms with Crippen LogP contribution in [0.1, 0.15) is 11.1 Å². The van der Waals surface area contributed by atoms with Gasteiger partial charge in [0, 0.05) is 12.8 Å². The molecule has 0 saturated carbocycles. The number of benzene rings is 2. The van der Waals surface area contributed by atoms with Gasteiger partial charge in [0.05, 0.1) is 23.5 Å². The maximum absolute atomic E-state index is 8.95. The number of rotatable bonds is 4. The second-order valence-electron chi connectivity index (χ2n) is 4.14. The van der Waals surface area contributed by atoms with Crippen molar-refractivity contribution >= 4 is 17.1 Å². The number of ether oxygens (including phenoxy) is 1. The Hall–Kier alpha value is -2.51. The number of nitrogens with one attached hydrogen (secondary N) is 1. The van der Waals surface area contributed by atoms with Crippen molar-refractivity contribution in [1.29, 1.82) is 5.26 Å². The van der Waals surface area contributed by atoms with Crippen LogP contribution in [0.2, 0.25) is 0 Å². The zero-order valence-corrected chi connectivity index (χ0v) is 10.7. The summed E-state index contributed by atoms with van der Waals surface area (Å²) in [7, 11) is 1.66. The summed E-state index contributed by atoms with van der Waals surface area (Å²) in [6.45, 7) is 0.559. The van der Waals surface area contributed by atoms with Crippen molar-refractivity contribution in [3.05, 3.63) is 53.6 Å². The lowest BCUT2D eigenvalue weighted by atomic mass is 10.1. The third kappa shape index (κ3) is 3.03. The van der Waals surface area contributed by atoms with Crippen LogP contribution in [0.3, 0.4) is 0 Å². The first-order chi connectivity index (χ1) is 9.24. The van der Waals surface area contributed by atoms with Gasteiger partial charge in [-0.15, -0.1) is 0 Å². The molecule has 0 spiro atoms. The molecule has 0 amide bonds. The lowest BCUT2D eigenvalue weighted by molar-refractivity contribution is 0.185. The van der Waals surface area contributed by atoms with Crippen LogP contribution in [0.5, 0.6) is 0 Å². The molecule has 0 atom stereocenters. The fraction of sp³-hybridized carbons (Fsp3) is 0.133. The molecular formula is C15H15N3O. The summed E-state index contributed by atoms with van der Waals surface area (Å²) < 4.78 is 5.10. The largest absolute Gasteiger partial charge is 0.396 e. The summed E-state index contributed by atoms with van der Waals surface area (Å²) in [5.41, 5.74) is 9.57. The van der Waals surface area contributed by atoms with E-state index in [-0.39, 0.29) is 0 Å². The Balaban J connectivity index is 2.26. The first-order valence-electron chi connectivity index (χ1n) is 5.88. The van der Waals surface area contributed by atoms with E-state index in [4.69, 9.17) is 15.7 Å². The van der Waals surface area contributed by atoms with E-state index >= 15 is 0 Å². The third-order valence-electron chi connectivity index (χ3n) is 2.74. The molecule has 0 aliphatic carbocycles. The van der Waals surface area contributed by atoms with Crippen LogP contribution in [-0.4, -0.2) is 7.11 Å². The van der Waals surface area contributed by atoms with Gasteiger partial charge in [-0.3, -0.25) is 0 Å². The predicted molar refractivity (Wildman–Crippen MR) is 76.0 cm³/mol. The van der Waals surface area contributed by atoms with Gasteiger partial charge in [0.25, 0.3) is 0 Å². The highest BCUT2D eigenvalue weighted by Crippen LogP contribution is 2.26. The zero-order valence-electron chi connectivity index (χ0n) is 10.7. The van der Waals surface area contributed by atoms with Crippen LogP contribution in [0.4, 0.5) is 17.1 Å². The van der Waals surface area contributed by atoms with Crippen LogP contribution < -0.4 is 11.1 Å². The number of para-hydroxylation sites is 1. The monoisotopic (exact) mass is 253 g/mol. The predicted octanol–water partition coefficient (Wildman–Crippen LogP) is 3.03. The number of nitrogens with zero attached hydrogens (tertiary/aromatic N) is 1. The molecular weight excluding hydrogens is 238 g/mol. The van der Waals surface area contributed by atoms with Gasteiger partial charge in [-0.05, 0) is 29.8 Å². The fourth-order valence-corrected chi connectivity index (χ4v) is 1.83. The summed E-state index contributed by atoms with van der Waals surface area (Å²) in [4.78, 5) is 0. The number of nitrogen functional groups attached to an aromatic ring is 1. The van der Waals surface area contributed by atoms with Gasteiger partial charge in [0.15, 0.2) is 0 Å². The number of nitrogens with two attached hydrogens (primary N) is 1. The Bertz CT molecular complexity index is 617. The third-order valence-corrected chi connectivity index (χ3v) is 2.74. The molecule has 3 N–H and O–H groups in total. The minimum Gasteiger partial charge on any atom is -0.396 e. The van der Waals surface area contributed by atoms with E-state index in [0.29, 0.717) is 17.9 Å². The molecule has 0 aliphatic rings. The standard InChI is InChI=1S/C15H15N3O/c1-19-10-11-4-2-6-13(8-11)18-14-7-3-5-12(9-16)15(14)17/h2-8,18H,10,17H2,1H3. The molecule has 2 aromatic rings. The number of methoxy groups -OCH3 is 1. The first kappa shape index (κ1) is 12.9. The average molecular weight is 253 g/mol. The highest BCUT2D eigenvalue weighted by Gasteiger charge is 2.04. The average Bonchev–Trinajstić information content (AvgIpc) is 2.42. The van der Waals surface area contributed by atoms with E-state index in [9.17, 15) is 0 Å². The number of hydrogen-bond acceptors (Lipinski definition) is 4. The molecule has 4 nitrogen and oxygen atoms in total. The van der Waals surface area contributed by atoms with Crippen molar-refractivity contribution in [2.45, 2.75) is 6.61 Å². The highest BCUT2D eigenvalue weighted by atomic mass is 16.5. The molecule has 0 heterocycles. The molecule has 0 aromatic heterocycles. The minimum absolute atomic E-state index is 0.460. The summed E-state index contributed by atoms with van der Waals surface area (Å²) in [5.74, 6) is 0. The lowest BCUT2D eigenvalue weighted by Crippen LogP contribution is -1.99. The molecule has 0 radical (unpaired) electrons. The highest BCUT2D eigenvalue weighted by molar-refractivity contribution is 5.77. The second kappa shape index (κ2) is 5.89. The van der Waals surface area contributed by atoms with Gasteiger partial charge in [-0.2, -0.15) is 5.26 Å². The maximum Gasteiger partial charge on any atom is 0.101 e. The fourth-order valence-electron chi connectivity index (χ4n) is 1.83. The summed E-state index contributed by atoms with van der Waals surface area (Å²) in [6, 6.07) is 15.3. The van der Waals surface area contributed by atoms with E-state index in [1.807, 2.05) is 30.3 Å². The molecule has 0 unspecified atom stereocenters. The van der Waals surface area contributed by atoms with Crippen LogP contribution in [-0.2, 0) is 11.3 Å². The van der Waals surface area contributed by atoms with Crippen molar-refractivity contribution in [2.75, 3.05) is 18.2 Å². The van der Waals surface area contributed by atoms with Crippen LogP contribution in [0.15, 0.2) is 42.5 Å². The van der Waals surface area contributed by atoms with E-state index < -0.39 is 0 Å². The van der Waals surface area contributed by atoms with Crippen LogP contribution in [0.25, 0.3) is 0 Å². The summed E-state index contributed by atoms with van der Waals surface area (Å²) in [6.07, 6.45) is 0. The van der Waals surface area contributed by atoms with E-state index in [1.54, 1.807) is 19.2 Å². The Labute approximate surface area is 112 Å². The topological polar surface area (TPSA) is 71.1 Å². The van der Waals surface area contributed by atoms with Crippen molar-refractivity contribution in [1.82, 2.24) is 0 Å². The Morgan fingerprint density at radius 1 is 1.26 bits per heavy atom. The molecule has 0 fully saturated rings. The van der Waals surface area contributed by atoms with Crippen molar-refractivity contribution in [3.63, 3.8) is 0 Å². The molecule has 0 aliphatic heterocycles. The van der Waals surface area contributed by atoms with Crippen molar-refractivity contribution < 1.29 is 4.74 Å². The molecule has 4 heteroatoms. The van der Waals surface area contributed by atoms with Gasteiger partial charge in [-0.25, -0.2) is 0 Å². The first-order valence-corrected chi connectivity index (χ1v) is 5.88. The molecule has 0 bridgehead atoms. The molecule has 19 heavy (non-hydrogen) atoms. The van der Waals surface area contributed by atoms with E-state index in [0.717, 1.165) is 16.9 Å². The molecule has 96 valence electrons. The number of hydrogen-bond donors (Lipinski definition) is 2. The summed E-state index contributed by atoms with van der Waals surface area (Å²) >= 11 is 0. The number of anilines is 3. The Kier molecular flexibility index (Phi) is 4.01. The van der Waals surface area contributed by atoms with Gasteiger partial charge in [0.2, 0.25) is 0 Å². The molecule has 2 aromatic carbocycles. The van der Waals surface area contributed by atoms with Crippen LogP contribution >= 0.6 is 0 Å². The SMILES string of the molecule is COCc1cccc(Nc2cccc(C#N)c2N)c1. The van der Waals surface area contributed by atoms with Crippen LogP contribution in [0, 0.1) is 11.3 Å². The van der Waals surface area contributed by atoms with Gasteiger partial charge < -0.3 is 15.8 Å². The second-order valence-corrected chi connectivity index (χ2v) is 4.14. The van der Waals surface area contributed by atoms with Gasteiger partial charge in [-0.1, -0.05) is 18.2 Å². The molecule has 2 rings (SSSR count). The maximum atomic E-state index is 8.95. The summed E-state index contributed by atoms with van der Waals surface area (Å²) in [5, 5.41) is 12.2.